The summed E-state index contributed by atoms with van der Waals surface area (Å²) in [5.41, 5.74) is 3.03. The third-order valence-electron chi connectivity index (χ3n) is 8.33. The molecule has 0 aromatic carbocycles. The number of aromatic nitrogens is 4. The van der Waals surface area contributed by atoms with Gasteiger partial charge in [0, 0.05) is 48.9 Å². The van der Waals surface area contributed by atoms with Crippen molar-refractivity contribution >= 4 is 28.8 Å². The molecule has 5 heterocycles. The van der Waals surface area contributed by atoms with E-state index >= 15 is 0 Å². The maximum Gasteiger partial charge on any atom is 0.241 e. The molecule has 2 fully saturated rings. The predicted octanol–water partition coefficient (Wildman–Crippen LogP) is 5.57. The Hall–Kier alpha value is -3.50. The summed E-state index contributed by atoms with van der Waals surface area (Å²) in [6.45, 7) is 4.82. The van der Waals surface area contributed by atoms with Gasteiger partial charge < -0.3 is 10.2 Å². The zero-order valence-electron chi connectivity index (χ0n) is 22.1. The molecule has 2 unspecified atom stereocenters. The van der Waals surface area contributed by atoms with E-state index in [-0.39, 0.29) is 24.3 Å². The Morgan fingerprint density at radius 3 is 2.74 bits per heavy atom. The van der Waals surface area contributed by atoms with Gasteiger partial charge >= 0.3 is 0 Å². The van der Waals surface area contributed by atoms with Gasteiger partial charge in [-0.05, 0) is 57.2 Å². The van der Waals surface area contributed by atoms with Crippen molar-refractivity contribution < 1.29 is 18.0 Å². The molecular weight excluding hydrogens is 507 g/mol. The monoisotopic (exact) mass is 539 g/mol. The second-order valence-corrected chi connectivity index (χ2v) is 11.0. The molecule has 3 aromatic heterocycles. The van der Waals surface area contributed by atoms with Gasteiger partial charge in [0.25, 0.3) is 0 Å². The highest BCUT2D eigenvalue weighted by Gasteiger charge is 2.59. The van der Waals surface area contributed by atoms with Crippen LogP contribution < -0.4 is 5.32 Å². The van der Waals surface area contributed by atoms with Crippen LogP contribution in [-0.4, -0.2) is 67.3 Å². The lowest BCUT2D eigenvalue weighted by molar-refractivity contribution is -0.134. The Morgan fingerprint density at radius 2 is 2.03 bits per heavy atom. The normalized spacial score (nSPS) is 25.1. The van der Waals surface area contributed by atoms with Crippen LogP contribution in [0.3, 0.4) is 0 Å². The number of carbonyl (C=O) groups excluding carboxylic acids is 1. The van der Waals surface area contributed by atoms with Crippen LogP contribution in [-0.2, 0) is 4.79 Å². The molecule has 1 N–H and O–H groups in total. The average molecular weight is 540 g/mol. The maximum atomic E-state index is 14.3. The fraction of sp³-hybridized carbons (Fsp3) is 0.536. The first kappa shape index (κ1) is 25.8. The molecule has 3 aliphatic rings. The van der Waals surface area contributed by atoms with Crippen LogP contribution in [0.2, 0.25) is 0 Å². The number of hydrogen-bond donors (Lipinski definition) is 1. The summed E-state index contributed by atoms with van der Waals surface area (Å²) in [5.74, 6) is -0.424. The molecular formula is C28H32F3N7O. The van der Waals surface area contributed by atoms with Gasteiger partial charge in [-0.1, -0.05) is 6.92 Å². The topological polar surface area (TPSA) is 87.8 Å². The van der Waals surface area contributed by atoms with Crippen molar-refractivity contribution in [3.63, 3.8) is 0 Å². The lowest BCUT2D eigenvalue weighted by Gasteiger charge is -2.32. The van der Waals surface area contributed by atoms with Crippen LogP contribution in [0.15, 0.2) is 35.6 Å². The molecule has 3 atom stereocenters. The summed E-state index contributed by atoms with van der Waals surface area (Å²) in [5, 5.41) is 7.97. The fourth-order valence-corrected chi connectivity index (χ4v) is 5.94. The van der Waals surface area contributed by atoms with Crippen LogP contribution in [0, 0.1) is 5.92 Å². The largest absolute Gasteiger partial charge is 0.350 e. The Bertz CT molecular complexity index is 1430. The molecule has 0 bridgehead atoms. The lowest BCUT2D eigenvalue weighted by atomic mass is 9.91. The zero-order chi connectivity index (χ0) is 27.3. The number of piperidine rings is 1. The van der Waals surface area contributed by atoms with E-state index in [4.69, 9.17) is 4.98 Å². The highest BCUT2D eigenvalue weighted by molar-refractivity contribution is 5.88. The van der Waals surface area contributed by atoms with Gasteiger partial charge in [-0.15, -0.1) is 5.10 Å². The standard InChI is InChI=1S/C28H32F3N7O/c1-3-28(31)14-20(28)26(39)37-9-6-18(7-10-37)34-27-32-15-23-19(8-11-38(23)36-27)21-4-5-22-25(35-21)17(13-24(29)30)12-16(2)33-22/h4-5,8,11,15,17-18,20,24H,3,6-7,9-10,12-14H2,1-2H3,(H,34,36)/t17?,20-,28?/m0/s1. The number of hydrogen-bond acceptors (Lipinski definition) is 6. The van der Waals surface area contributed by atoms with Gasteiger partial charge in [-0.2, -0.15) is 0 Å². The molecule has 0 spiro atoms. The summed E-state index contributed by atoms with van der Waals surface area (Å²) >= 11 is 0. The van der Waals surface area contributed by atoms with Gasteiger partial charge in [0.05, 0.1) is 34.7 Å². The Morgan fingerprint density at radius 1 is 1.23 bits per heavy atom. The van der Waals surface area contributed by atoms with Crippen molar-refractivity contribution in [1.82, 2.24) is 24.5 Å². The highest BCUT2D eigenvalue weighted by atomic mass is 19.3. The second-order valence-electron chi connectivity index (χ2n) is 11.0. The number of amides is 1. The highest BCUT2D eigenvalue weighted by Crippen LogP contribution is 2.51. The molecule has 2 aliphatic heterocycles. The van der Waals surface area contributed by atoms with E-state index in [2.05, 4.69) is 20.4 Å². The van der Waals surface area contributed by atoms with Crippen molar-refractivity contribution in [2.45, 2.75) is 76.4 Å². The van der Waals surface area contributed by atoms with E-state index in [9.17, 15) is 18.0 Å². The molecule has 11 heteroatoms. The number of anilines is 1. The summed E-state index contributed by atoms with van der Waals surface area (Å²) < 4.78 is 42.5. The first-order valence-corrected chi connectivity index (χ1v) is 13.7. The summed E-state index contributed by atoms with van der Waals surface area (Å²) in [4.78, 5) is 28.2. The van der Waals surface area contributed by atoms with Crippen molar-refractivity contribution in [3.8, 4) is 11.3 Å². The van der Waals surface area contributed by atoms with Crippen molar-refractivity contribution in [3.05, 3.63) is 36.3 Å². The molecule has 8 nitrogen and oxygen atoms in total. The van der Waals surface area contributed by atoms with Crippen LogP contribution in [0.1, 0.15) is 64.0 Å². The average Bonchev–Trinajstić information content (AvgIpc) is 3.43. The van der Waals surface area contributed by atoms with Gasteiger partial charge in [0.15, 0.2) is 0 Å². The number of halogens is 3. The number of likely N-dealkylation sites (tertiary alicyclic amines) is 1. The number of pyridine rings is 1. The minimum Gasteiger partial charge on any atom is -0.350 e. The molecule has 1 saturated carbocycles. The van der Waals surface area contributed by atoms with Gasteiger partial charge in [-0.25, -0.2) is 22.7 Å². The van der Waals surface area contributed by atoms with E-state index in [1.807, 2.05) is 31.3 Å². The van der Waals surface area contributed by atoms with Crippen LogP contribution >= 0.6 is 0 Å². The number of rotatable bonds is 7. The van der Waals surface area contributed by atoms with Crippen LogP contribution in [0.5, 0.6) is 0 Å². The number of fused-ring (bicyclic) bond motifs is 2. The number of nitrogens with one attached hydrogen (secondary N) is 1. The first-order valence-electron chi connectivity index (χ1n) is 13.7. The van der Waals surface area contributed by atoms with Crippen LogP contribution in [0.25, 0.3) is 16.8 Å². The third-order valence-corrected chi connectivity index (χ3v) is 8.33. The number of aliphatic imine (C=N–C) groups is 1. The number of alkyl halides is 3. The molecule has 1 aliphatic carbocycles. The molecule has 3 aromatic rings. The Kier molecular flexibility index (Phi) is 6.55. The summed E-state index contributed by atoms with van der Waals surface area (Å²) in [7, 11) is 0. The van der Waals surface area contributed by atoms with E-state index < -0.39 is 18.0 Å². The lowest BCUT2D eigenvalue weighted by Crippen LogP contribution is -2.44. The zero-order valence-corrected chi connectivity index (χ0v) is 22.1. The van der Waals surface area contributed by atoms with E-state index in [0.29, 0.717) is 55.4 Å². The number of nitrogens with zero attached hydrogens (tertiary/aromatic N) is 6. The molecule has 39 heavy (non-hydrogen) atoms. The van der Waals surface area contributed by atoms with Crippen molar-refractivity contribution in [2.24, 2.45) is 10.9 Å². The molecule has 206 valence electrons. The van der Waals surface area contributed by atoms with Gasteiger partial charge in [0.1, 0.15) is 5.67 Å². The Balaban J connectivity index is 1.14. The first-order chi connectivity index (χ1) is 18.7. The molecule has 1 saturated heterocycles. The van der Waals surface area contributed by atoms with Gasteiger partial charge in [0.2, 0.25) is 18.3 Å². The van der Waals surface area contributed by atoms with Crippen molar-refractivity contribution in [2.75, 3.05) is 18.4 Å². The molecule has 1 amide bonds. The maximum absolute atomic E-state index is 14.3. The third kappa shape index (κ3) is 4.98. The van der Waals surface area contributed by atoms with Crippen molar-refractivity contribution in [1.29, 1.82) is 0 Å². The quantitative estimate of drug-likeness (QED) is 0.424. The second kappa shape index (κ2) is 9.91. The Labute approximate surface area is 224 Å². The summed E-state index contributed by atoms with van der Waals surface area (Å²) in [6.07, 6.45) is 3.59. The van der Waals surface area contributed by atoms with E-state index in [1.165, 1.54) is 0 Å². The van der Waals surface area contributed by atoms with Gasteiger partial charge in [-0.3, -0.25) is 14.8 Å². The minimum absolute atomic E-state index is 0.0615. The molecule has 0 radical (unpaired) electrons. The van der Waals surface area contributed by atoms with E-state index in [0.717, 1.165) is 29.6 Å². The fourth-order valence-electron chi connectivity index (χ4n) is 5.94. The van der Waals surface area contributed by atoms with Crippen LogP contribution in [0.4, 0.5) is 24.8 Å². The smallest absolute Gasteiger partial charge is 0.241 e. The predicted molar refractivity (Wildman–Crippen MR) is 142 cm³/mol. The summed E-state index contributed by atoms with van der Waals surface area (Å²) in [6, 6.07) is 5.70. The molecule has 6 rings (SSSR count). The SMILES string of the molecule is CCC1(F)C[C@H]1C(=O)N1CCC(Nc2ncc3c(-c4ccc5c(n4)C(CC(F)F)CC(C)=N5)ccn3n2)CC1. The van der Waals surface area contributed by atoms with E-state index in [1.54, 1.807) is 22.5 Å². The minimum atomic E-state index is -2.41. The number of carbonyl (C=O) groups is 1.